The van der Waals surface area contributed by atoms with Gasteiger partial charge in [-0.2, -0.15) is 11.3 Å². The Hall–Kier alpha value is -1.64. The molecular weight excluding hydrogens is 422 g/mol. The van der Waals surface area contributed by atoms with Gasteiger partial charge in [0.05, 0.1) is 18.9 Å². The van der Waals surface area contributed by atoms with Crippen molar-refractivity contribution in [3.8, 4) is 0 Å². The van der Waals surface area contributed by atoms with Crippen LogP contribution < -0.4 is 0 Å². The van der Waals surface area contributed by atoms with Gasteiger partial charge in [-0.1, -0.05) is 18.9 Å². The van der Waals surface area contributed by atoms with Gasteiger partial charge in [0.15, 0.2) is 11.3 Å². The molecule has 3 aliphatic rings. The van der Waals surface area contributed by atoms with E-state index >= 15 is 0 Å². The summed E-state index contributed by atoms with van der Waals surface area (Å²) in [5.74, 6) is -0.623. The smallest absolute Gasteiger partial charge is 0.310 e. The van der Waals surface area contributed by atoms with Gasteiger partial charge in [0, 0.05) is 11.8 Å². The van der Waals surface area contributed by atoms with Crippen molar-refractivity contribution in [3.63, 3.8) is 0 Å². The second-order valence-electron chi connectivity index (χ2n) is 8.15. The monoisotopic (exact) mass is 449 g/mol. The van der Waals surface area contributed by atoms with E-state index in [1.807, 2.05) is 28.3 Å². The summed E-state index contributed by atoms with van der Waals surface area (Å²) in [6, 6.07) is 1.75. The highest BCUT2D eigenvalue weighted by atomic mass is 32.2. The maximum Gasteiger partial charge on any atom is 0.310 e. The third-order valence-corrected chi connectivity index (χ3v) is 7.92. The first-order valence-corrected chi connectivity index (χ1v) is 12.4. The van der Waals surface area contributed by atoms with E-state index in [-0.39, 0.29) is 48.6 Å². The Morgan fingerprint density at radius 2 is 2.00 bits per heavy atom. The van der Waals surface area contributed by atoms with Gasteiger partial charge in [-0.25, -0.2) is 0 Å². The van der Waals surface area contributed by atoms with Crippen molar-refractivity contribution in [3.05, 3.63) is 33.9 Å². The number of fused-ring (bicyclic) bond motifs is 1. The number of carbonyl (C=O) groups excluding carboxylic acids is 3. The SMILES string of the molecule is O=C(Cc1ccsc1)OCC1(COC(=O)CC2CC=CS2)C(=O)C2CCCCCN21. The van der Waals surface area contributed by atoms with E-state index in [2.05, 4.69) is 4.90 Å². The van der Waals surface area contributed by atoms with Crippen molar-refractivity contribution in [2.75, 3.05) is 19.8 Å². The third kappa shape index (κ3) is 4.65. The van der Waals surface area contributed by atoms with Crippen molar-refractivity contribution < 1.29 is 23.9 Å². The molecule has 0 amide bonds. The molecule has 0 saturated carbocycles. The molecule has 0 aromatic carbocycles. The van der Waals surface area contributed by atoms with Gasteiger partial charge in [-0.05, 0) is 47.1 Å². The van der Waals surface area contributed by atoms with Gasteiger partial charge in [-0.3, -0.25) is 19.3 Å². The molecule has 2 fully saturated rings. The summed E-state index contributed by atoms with van der Waals surface area (Å²) < 4.78 is 11.1. The highest BCUT2D eigenvalue weighted by molar-refractivity contribution is 8.03. The molecule has 6 nitrogen and oxygen atoms in total. The maximum atomic E-state index is 13.1. The Labute approximate surface area is 185 Å². The molecule has 3 atom stereocenters. The molecule has 3 aliphatic heterocycles. The first-order chi connectivity index (χ1) is 14.6. The van der Waals surface area contributed by atoms with Gasteiger partial charge >= 0.3 is 11.9 Å². The topological polar surface area (TPSA) is 72.9 Å². The number of rotatable bonds is 8. The lowest BCUT2D eigenvalue weighted by molar-refractivity contribution is -0.183. The van der Waals surface area contributed by atoms with Crippen LogP contribution in [0.2, 0.25) is 0 Å². The fraction of sp³-hybridized carbons (Fsp3) is 0.591. The lowest BCUT2D eigenvalue weighted by atomic mass is 9.76. The van der Waals surface area contributed by atoms with Gasteiger partial charge < -0.3 is 9.47 Å². The zero-order valence-electron chi connectivity index (χ0n) is 16.9. The zero-order chi connectivity index (χ0) is 21.0. The van der Waals surface area contributed by atoms with Crippen LogP contribution in [-0.4, -0.2) is 59.2 Å². The first kappa shape index (κ1) is 21.6. The lowest BCUT2D eigenvalue weighted by Gasteiger charge is -2.54. The molecule has 1 aromatic rings. The van der Waals surface area contributed by atoms with E-state index in [0.717, 1.165) is 44.2 Å². The Balaban J connectivity index is 1.39. The van der Waals surface area contributed by atoms with Crippen molar-refractivity contribution in [1.29, 1.82) is 0 Å². The minimum absolute atomic E-state index is 0.0393. The number of ketones is 1. The first-order valence-electron chi connectivity index (χ1n) is 10.5. The summed E-state index contributed by atoms with van der Waals surface area (Å²) in [6.45, 7) is 0.661. The van der Waals surface area contributed by atoms with Crippen LogP contribution in [0.25, 0.3) is 0 Å². The van der Waals surface area contributed by atoms with E-state index < -0.39 is 5.54 Å². The molecule has 162 valence electrons. The lowest BCUT2D eigenvalue weighted by Crippen LogP contribution is -2.77. The van der Waals surface area contributed by atoms with Crippen LogP contribution >= 0.6 is 23.1 Å². The summed E-state index contributed by atoms with van der Waals surface area (Å²) in [5, 5.41) is 6.04. The number of ether oxygens (including phenoxy) is 2. The number of hydrogen-bond donors (Lipinski definition) is 0. The second-order valence-corrected chi connectivity index (χ2v) is 10.1. The van der Waals surface area contributed by atoms with Crippen LogP contribution in [0.15, 0.2) is 28.3 Å². The number of Topliss-reactive ketones (excluding diaryl/α,β-unsaturated/α-hetero) is 1. The number of nitrogens with zero attached hydrogens (tertiary/aromatic N) is 1. The fourth-order valence-corrected chi connectivity index (χ4v) is 6.01. The summed E-state index contributed by atoms with van der Waals surface area (Å²) >= 11 is 3.16. The molecule has 0 radical (unpaired) electrons. The number of thioether (sulfide) groups is 1. The summed E-state index contributed by atoms with van der Waals surface area (Å²) in [6.07, 6.45) is 7.33. The Kier molecular flexibility index (Phi) is 6.95. The number of esters is 2. The molecule has 4 rings (SSSR count). The third-order valence-electron chi connectivity index (χ3n) is 6.10. The normalized spacial score (nSPS) is 28.5. The molecule has 0 spiro atoms. The summed E-state index contributed by atoms with van der Waals surface area (Å²) in [4.78, 5) is 39.9. The summed E-state index contributed by atoms with van der Waals surface area (Å²) in [7, 11) is 0. The number of carbonyl (C=O) groups is 3. The average Bonchev–Trinajstić information content (AvgIpc) is 3.38. The molecule has 4 heterocycles. The second kappa shape index (κ2) is 9.66. The largest absolute Gasteiger partial charge is 0.463 e. The maximum absolute atomic E-state index is 13.1. The van der Waals surface area contributed by atoms with Gasteiger partial charge in [-0.15, -0.1) is 11.8 Å². The van der Waals surface area contributed by atoms with E-state index in [1.165, 1.54) is 11.3 Å². The minimum atomic E-state index is -1.03. The Morgan fingerprint density at radius 1 is 1.17 bits per heavy atom. The van der Waals surface area contributed by atoms with Gasteiger partial charge in [0.2, 0.25) is 0 Å². The molecule has 0 N–H and O–H groups in total. The molecule has 0 aliphatic carbocycles. The molecule has 2 saturated heterocycles. The quantitative estimate of drug-likeness (QED) is 0.564. The Morgan fingerprint density at radius 3 is 2.73 bits per heavy atom. The Bertz CT molecular complexity index is 800. The van der Waals surface area contributed by atoms with E-state index in [9.17, 15) is 14.4 Å². The highest BCUT2D eigenvalue weighted by Gasteiger charge is 2.61. The zero-order valence-corrected chi connectivity index (χ0v) is 18.6. The molecule has 0 bridgehead atoms. The molecule has 8 heteroatoms. The van der Waals surface area contributed by atoms with E-state index in [4.69, 9.17) is 9.47 Å². The van der Waals surface area contributed by atoms with E-state index in [0.29, 0.717) is 6.42 Å². The fourth-order valence-electron chi connectivity index (χ4n) is 4.45. The molecule has 1 aromatic heterocycles. The van der Waals surface area contributed by atoms with Crippen LogP contribution in [0.5, 0.6) is 0 Å². The van der Waals surface area contributed by atoms with Crippen molar-refractivity contribution in [1.82, 2.24) is 4.90 Å². The number of allylic oxidation sites excluding steroid dienone is 1. The van der Waals surface area contributed by atoms with Crippen LogP contribution in [0.4, 0.5) is 0 Å². The van der Waals surface area contributed by atoms with Crippen LogP contribution in [0.1, 0.15) is 44.1 Å². The number of hydrogen-bond acceptors (Lipinski definition) is 8. The van der Waals surface area contributed by atoms with Crippen LogP contribution in [0.3, 0.4) is 0 Å². The average molecular weight is 450 g/mol. The molecule has 3 unspecified atom stereocenters. The minimum Gasteiger partial charge on any atom is -0.463 e. The number of thiophene rings is 1. The highest BCUT2D eigenvalue weighted by Crippen LogP contribution is 2.39. The molecule has 30 heavy (non-hydrogen) atoms. The van der Waals surface area contributed by atoms with Crippen molar-refractivity contribution >= 4 is 40.8 Å². The van der Waals surface area contributed by atoms with Crippen LogP contribution in [0, 0.1) is 0 Å². The van der Waals surface area contributed by atoms with Gasteiger partial charge in [0.1, 0.15) is 13.2 Å². The van der Waals surface area contributed by atoms with Crippen LogP contribution in [-0.2, 0) is 30.3 Å². The van der Waals surface area contributed by atoms with Crippen molar-refractivity contribution in [2.24, 2.45) is 0 Å². The van der Waals surface area contributed by atoms with E-state index in [1.54, 1.807) is 11.8 Å². The van der Waals surface area contributed by atoms with Gasteiger partial charge in [0.25, 0.3) is 0 Å². The van der Waals surface area contributed by atoms with Crippen molar-refractivity contribution in [2.45, 2.75) is 61.8 Å². The predicted octanol–water partition coefficient (Wildman–Crippen LogP) is 3.35. The standard InChI is InChI=1S/C22H27NO5S2/c24-19(11-16-7-10-29-13-16)27-14-22(15-28-20(25)12-17-5-4-9-30-17)21(26)18-6-2-1-3-8-23(18)22/h4,7,9-10,13,17-18H,1-3,5-6,8,11-12,14-15H2. The predicted molar refractivity (Wildman–Crippen MR) is 116 cm³/mol. The summed E-state index contributed by atoms with van der Waals surface area (Å²) in [5.41, 5.74) is -0.128. The molecular formula is C22H27NO5S2.